The number of amides is 2. The number of hydrogen-bond acceptors (Lipinski definition) is 3. The summed E-state index contributed by atoms with van der Waals surface area (Å²) in [6, 6.07) is 16.3. The molecule has 0 atom stereocenters. The first-order valence-electron chi connectivity index (χ1n) is 8.74. The monoisotopic (exact) mass is 354 g/mol. The van der Waals surface area contributed by atoms with Crippen LogP contribution in [-0.4, -0.2) is 23.1 Å². The number of ether oxygens (including phenoxy) is 1. The second-order valence-electron chi connectivity index (χ2n) is 6.40. The SMILES string of the molecule is O=C(Nc1ccccc1Oc1ccccc1)NC1CCC(C(=O)O)CC1. The molecule has 136 valence electrons. The van der Waals surface area contributed by atoms with Crippen LogP contribution in [0.3, 0.4) is 0 Å². The minimum Gasteiger partial charge on any atom is -0.481 e. The zero-order chi connectivity index (χ0) is 18.4. The lowest BCUT2D eigenvalue weighted by molar-refractivity contribution is -0.142. The molecule has 0 bridgehead atoms. The molecule has 6 nitrogen and oxygen atoms in total. The van der Waals surface area contributed by atoms with Crippen molar-refractivity contribution in [3.05, 3.63) is 54.6 Å². The third-order valence-corrected chi connectivity index (χ3v) is 4.52. The number of carbonyl (C=O) groups is 2. The van der Waals surface area contributed by atoms with Gasteiger partial charge in [0.15, 0.2) is 5.75 Å². The summed E-state index contributed by atoms with van der Waals surface area (Å²) in [5.41, 5.74) is 0.577. The fourth-order valence-corrected chi connectivity index (χ4v) is 3.10. The Hall–Kier alpha value is -3.02. The number of carbonyl (C=O) groups excluding carboxylic acids is 1. The molecule has 1 aliphatic carbocycles. The fraction of sp³-hybridized carbons (Fsp3) is 0.300. The molecule has 0 spiro atoms. The normalized spacial score (nSPS) is 19.4. The van der Waals surface area contributed by atoms with E-state index in [0.29, 0.717) is 42.9 Å². The molecule has 0 saturated heterocycles. The summed E-state index contributed by atoms with van der Waals surface area (Å²) in [7, 11) is 0. The maximum atomic E-state index is 12.3. The first-order valence-corrected chi connectivity index (χ1v) is 8.74. The molecular formula is C20H22N2O4. The van der Waals surface area contributed by atoms with E-state index < -0.39 is 5.97 Å². The van der Waals surface area contributed by atoms with Gasteiger partial charge in [-0.3, -0.25) is 4.79 Å². The summed E-state index contributed by atoms with van der Waals surface area (Å²) in [6.45, 7) is 0. The van der Waals surface area contributed by atoms with Gasteiger partial charge in [0.25, 0.3) is 0 Å². The number of carboxylic acid groups (broad SMARTS) is 1. The molecule has 1 saturated carbocycles. The van der Waals surface area contributed by atoms with Crippen LogP contribution in [0, 0.1) is 5.92 Å². The predicted molar refractivity (Wildman–Crippen MR) is 98.5 cm³/mol. The highest BCUT2D eigenvalue weighted by Crippen LogP contribution is 2.29. The molecule has 0 radical (unpaired) electrons. The minimum atomic E-state index is -0.750. The Morgan fingerprint density at radius 2 is 1.58 bits per heavy atom. The quantitative estimate of drug-likeness (QED) is 0.749. The summed E-state index contributed by atoms with van der Waals surface area (Å²) in [6.07, 6.45) is 2.53. The molecular weight excluding hydrogens is 332 g/mol. The molecule has 0 aromatic heterocycles. The molecule has 0 unspecified atom stereocenters. The van der Waals surface area contributed by atoms with E-state index >= 15 is 0 Å². The number of aliphatic carboxylic acids is 1. The van der Waals surface area contributed by atoms with E-state index in [1.807, 2.05) is 42.5 Å². The lowest BCUT2D eigenvalue weighted by atomic mass is 9.86. The molecule has 1 fully saturated rings. The van der Waals surface area contributed by atoms with Crippen molar-refractivity contribution in [3.63, 3.8) is 0 Å². The number of benzene rings is 2. The van der Waals surface area contributed by atoms with Gasteiger partial charge in [0, 0.05) is 6.04 Å². The lowest BCUT2D eigenvalue weighted by Gasteiger charge is -2.27. The molecule has 2 aromatic carbocycles. The molecule has 26 heavy (non-hydrogen) atoms. The van der Waals surface area contributed by atoms with Crippen molar-refractivity contribution >= 4 is 17.7 Å². The topological polar surface area (TPSA) is 87.7 Å². The Kier molecular flexibility index (Phi) is 5.73. The van der Waals surface area contributed by atoms with Crippen LogP contribution >= 0.6 is 0 Å². The highest BCUT2D eigenvalue weighted by Gasteiger charge is 2.26. The number of nitrogens with one attached hydrogen (secondary N) is 2. The van der Waals surface area contributed by atoms with Crippen molar-refractivity contribution in [2.45, 2.75) is 31.7 Å². The van der Waals surface area contributed by atoms with Gasteiger partial charge in [0.1, 0.15) is 5.75 Å². The van der Waals surface area contributed by atoms with Crippen LogP contribution in [0.4, 0.5) is 10.5 Å². The minimum absolute atomic E-state index is 0.00666. The van der Waals surface area contributed by atoms with E-state index in [1.165, 1.54) is 0 Å². The number of rotatable bonds is 5. The van der Waals surface area contributed by atoms with Crippen LogP contribution < -0.4 is 15.4 Å². The van der Waals surface area contributed by atoms with E-state index in [2.05, 4.69) is 10.6 Å². The zero-order valence-electron chi connectivity index (χ0n) is 14.4. The third kappa shape index (κ3) is 4.75. The summed E-state index contributed by atoms with van der Waals surface area (Å²) < 4.78 is 5.83. The fourth-order valence-electron chi connectivity index (χ4n) is 3.10. The van der Waals surface area contributed by atoms with Crippen molar-refractivity contribution in [2.75, 3.05) is 5.32 Å². The summed E-state index contributed by atoms with van der Waals surface area (Å²) in [4.78, 5) is 23.3. The third-order valence-electron chi connectivity index (χ3n) is 4.52. The van der Waals surface area contributed by atoms with Gasteiger partial charge in [0.05, 0.1) is 11.6 Å². The van der Waals surface area contributed by atoms with Gasteiger partial charge in [0.2, 0.25) is 0 Å². The van der Waals surface area contributed by atoms with Crippen LogP contribution in [0.5, 0.6) is 11.5 Å². The van der Waals surface area contributed by atoms with Gasteiger partial charge in [-0.05, 0) is 49.9 Å². The zero-order valence-corrected chi connectivity index (χ0v) is 14.4. The molecule has 0 heterocycles. The summed E-state index contributed by atoms with van der Waals surface area (Å²) >= 11 is 0. The maximum Gasteiger partial charge on any atom is 0.319 e. The molecule has 2 amide bonds. The Morgan fingerprint density at radius 1 is 0.923 bits per heavy atom. The summed E-state index contributed by atoms with van der Waals surface area (Å²) in [5, 5.41) is 14.8. The second kappa shape index (κ2) is 8.38. The van der Waals surface area contributed by atoms with Crippen LogP contribution in [0.2, 0.25) is 0 Å². The largest absolute Gasteiger partial charge is 0.481 e. The Balaban J connectivity index is 1.57. The molecule has 0 aliphatic heterocycles. The number of urea groups is 1. The first-order chi connectivity index (χ1) is 12.6. The highest BCUT2D eigenvalue weighted by atomic mass is 16.5. The summed E-state index contributed by atoms with van der Waals surface area (Å²) in [5.74, 6) is 0.202. The number of hydrogen-bond donors (Lipinski definition) is 3. The van der Waals surface area contributed by atoms with Gasteiger partial charge < -0.3 is 20.5 Å². The van der Waals surface area contributed by atoms with Gasteiger partial charge in [-0.15, -0.1) is 0 Å². The Labute approximate surface area is 152 Å². The van der Waals surface area contributed by atoms with Gasteiger partial charge >= 0.3 is 12.0 Å². The average molecular weight is 354 g/mol. The van der Waals surface area contributed by atoms with Crippen LogP contribution in [-0.2, 0) is 4.79 Å². The van der Waals surface area contributed by atoms with E-state index in [1.54, 1.807) is 12.1 Å². The maximum absolute atomic E-state index is 12.3. The average Bonchev–Trinajstić information content (AvgIpc) is 2.64. The van der Waals surface area contributed by atoms with Crippen LogP contribution in [0.1, 0.15) is 25.7 Å². The van der Waals surface area contributed by atoms with Crippen molar-refractivity contribution in [3.8, 4) is 11.5 Å². The highest BCUT2D eigenvalue weighted by molar-refractivity contribution is 5.91. The lowest BCUT2D eigenvalue weighted by Crippen LogP contribution is -2.41. The predicted octanol–water partition coefficient (Wildman–Crippen LogP) is 4.24. The molecule has 6 heteroatoms. The molecule has 3 N–H and O–H groups in total. The van der Waals surface area contributed by atoms with E-state index in [0.717, 1.165) is 0 Å². The number of anilines is 1. The van der Waals surface area contributed by atoms with Crippen molar-refractivity contribution in [1.29, 1.82) is 0 Å². The second-order valence-corrected chi connectivity index (χ2v) is 6.40. The molecule has 1 aliphatic rings. The number of para-hydroxylation sites is 3. The standard InChI is InChI=1S/C20H22N2O4/c23-19(24)14-10-12-15(13-11-14)21-20(25)22-17-8-4-5-9-18(17)26-16-6-2-1-3-7-16/h1-9,14-15H,10-13H2,(H,23,24)(H2,21,22,25). The Morgan fingerprint density at radius 3 is 2.27 bits per heavy atom. The van der Waals surface area contributed by atoms with Crippen LogP contribution in [0.15, 0.2) is 54.6 Å². The molecule has 2 aromatic rings. The van der Waals surface area contributed by atoms with Crippen molar-refractivity contribution in [1.82, 2.24) is 5.32 Å². The number of carboxylic acids is 1. The van der Waals surface area contributed by atoms with Crippen LogP contribution in [0.25, 0.3) is 0 Å². The van der Waals surface area contributed by atoms with Crippen molar-refractivity contribution < 1.29 is 19.4 Å². The first kappa shape index (κ1) is 17.8. The Bertz CT molecular complexity index is 755. The van der Waals surface area contributed by atoms with E-state index in [9.17, 15) is 9.59 Å². The van der Waals surface area contributed by atoms with Crippen molar-refractivity contribution in [2.24, 2.45) is 5.92 Å². The smallest absolute Gasteiger partial charge is 0.319 e. The van der Waals surface area contributed by atoms with Gasteiger partial charge in [-0.25, -0.2) is 4.79 Å². The van der Waals surface area contributed by atoms with Gasteiger partial charge in [-0.2, -0.15) is 0 Å². The molecule has 3 rings (SSSR count). The van der Waals surface area contributed by atoms with Gasteiger partial charge in [-0.1, -0.05) is 30.3 Å². The van der Waals surface area contributed by atoms with E-state index in [-0.39, 0.29) is 18.0 Å². The van der Waals surface area contributed by atoms with E-state index in [4.69, 9.17) is 9.84 Å².